The van der Waals surface area contributed by atoms with Crippen molar-refractivity contribution in [1.29, 1.82) is 5.26 Å². The predicted octanol–water partition coefficient (Wildman–Crippen LogP) is 13.4. The molecule has 3 aromatic carbocycles. The first kappa shape index (κ1) is 64.6. The fourth-order valence-corrected chi connectivity index (χ4v) is 16.9. The summed E-state index contributed by atoms with van der Waals surface area (Å²) < 4.78 is 89.8. The Kier molecular flexibility index (Phi) is 16.7. The molecule has 13 rings (SSSR count). The summed E-state index contributed by atoms with van der Waals surface area (Å²) in [5.41, 5.74) is -0.729. The third-order valence-corrected chi connectivity index (χ3v) is 21.8. The number of piperazine rings is 1. The quantitative estimate of drug-likeness (QED) is 0.0696. The number of aryl methyl sites for hydroxylation is 1. The number of aliphatic hydroxyl groups is 1. The van der Waals surface area contributed by atoms with Gasteiger partial charge in [-0.15, -0.1) is 11.3 Å². The second-order valence-corrected chi connectivity index (χ2v) is 28.7. The highest BCUT2D eigenvalue weighted by molar-refractivity contribution is 7.23. The van der Waals surface area contributed by atoms with E-state index in [4.69, 9.17) is 45.5 Å². The number of esters is 1. The van der Waals surface area contributed by atoms with Crippen LogP contribution in [0.15, 0.2) is 35.1 Å². The van der Waals surface area contributed by atoms with E-state index in [1.54, 1.807) is 59.6 Å². The molecule has 2 saturated carbocycles. The number of anilines is 2. The molecule has 7 heterocycles. The van der Waals surface area contributed by atoms with E-state index in [0.29, 0.717) is 71.1 Å². The first-order valence-electron chi connectivity index (χ1n) is 32.1. The van der Waals surface area contributed by atoms with Crippen LogP contribution in [0.25, 0.3) is 54.4 Å². The van der Waals surface area contributed by atoms with Crippen LogP contribution < -0.4 is 20.5 Å². The van der Waals surface area contributed by atoms with Gasteiger partial charge in [0, 0.05) is 77.1 Å². The smallest absolute Gasteiger partial charge is 0.412 e. The van der Waals surface area contributed by atoms with Gasteiger partial charge in [0.15, 0.2) is 11.4 Å². The first-order valence-corrected chi connectivity index (χ1v) is 33.3. The van der Waals surface area contributed by atoms with Crippen LogP contribution in [0.5, 0.6) is 6.01 Å². The number of cyclic esters (lactones) is 1. The van der Waals surface area contributed by atoms with Crippen LogP contribution in [0.4, 0.5) is 38.0 Å². The van der Waals surface area contributed by atoms with Crippen LogP contribution >= 0.6 is 22.9 Å². The van der Waals surface area contributed by atoms with Gasteiger partial charge in [-0.2, -0.15) is 15.2 Å². The lowest BCUT2D eigenvalue weighted by Gasteiger charge is -2.44. The first-order chi connectivity index (χ1) is 44.7. The number of thiophene rings is 1. The molecular weight excluding hydrogens is 1260 g/mol. The van der Waals surface area contributed by atoms with Gasteiger partial charge in [0.05, 0.1) is 62.9 Å². The minimum atomic E-state index is -2.07. The van der Waals surface area contributed by atoms with Crippen LogP contribution in [0.1, 0.15) is 151 Å². The summed E-state index contributed by atoms with van der Waals surface area (Å²) in [6.07, 6.45) is 4.17. The molecule has 2 N–H and O–H groups in total. The molecule has 3 amide bonds. The average molecular weight is 1330 g/mol. The van der Waals surface area contributed by atoms with Crippen molar-refractivity contribution >= 4 is 89.7 Å². The van der Waals surface area contributed by atoms with Gasteiger partial charge in [-0.3, -0.25) is 14.9 Å². The number of alkyl halides is 1. The Morgan fingerprint density at radius 1 is 1.01 bits per heavy atom. The van der Waals surface area contributed by atoms with Crippen LogP contribution in [0.2, 0.25) is 5.02 Å². The maximum absolute atomic E-state index is 18.1. The molecular formula is C69H72ClF4N9O10S. The standard InChI is InChI=1S/C69H72ClF4N9O10S/c1-9-69(89)44-24-50-56-42(29-83(50)62(85)43(44)31-90-63(69)86)54-49(19-17-38-35(4)47(73)25-48(76-56)53(38)54)80(8)66(88)91-30-33(2)61(84)81-21-22-82(34(3)28-81)59-40-23-45(70)52(39-16-18-46(72)58-51(39)41(27-75)60(94-58)79-65(87)93-67(5,6)7)55(74)57(40)77-64(78-59)92-32-68-20-12-10-11-13-36(68)14-15-37(71)26-68/h16,18,23-25,33-34,36-37,49,89H,9-15,17,19-22,26,28-32H2,1-8H3,(H,79,87)/t33?,34-,36?,37-,49-,68-,69-/m0/s1. The topological polar surface area (TPSA) is 232 Å². The monoisotopic (exact) mass is 1330 g/mol. The van der Waals surface area contributed by atoms with Crippen molar-refractivity contribution in [1.82, 2.24) is 29.3 Å². The van der Waals surface area contributed by atoms with Gasteiger partial charge in [0.2, 0.25) is 5.91 Å². The summed E-state index contributed by atoms with van der Waals surface area (Å²) in [6, 6.07) is 7.64. The van der Waals surface area contributed by atoms with Gasteiger partial charge >= 0.3 is 24.2 Å². The number of nitrogens with zero attached hydrogens (tertiary/aromatic N) is 8. The number of nitrogens with one attached hydrogen (secondary N) is 1. The van der Waals surface area contributed by atoms with Gasteiger partial charge in [-0.1, -0.05) is 50.8 Å². The molecule has 2 unspecified atom stereocenters. The zero-order chi connectivity index (χ0) is 66.8. The average Bonchev–Trinajstić information content (AvgIpc) is 1.30. The molecule has 494 valence electrons. The lowest BCUT2D eigenvalue weighted by atomic mass is 9.63. The number of amides is 3. The van der Waals surface area contributed by atoms with E-state index in [1.165, 1.54) is 27.7 Å². The largest absolute Gasteiger partial charge is 0.463 e. The molecule has 0 bridgehead atoms. The molecule has 94 heavy (non-hydrogen) atoms. The van der Waals surface area contributed by atoms with E-state index in [-0.39, 0.29) is 135 Å². The molecule has 0 spiro atoms. The van der Waals surface area contributed by atoms with Gasteiger partial charge in [0.1, 0.15) is 59.0 Å². The number of hydrogen-bond acceptors (Lipinski definition) is 16. The van der Waals surface area contributed by atoms with E-state index < -0.39 is 82.0 Å². The summed E-state index contributed by atoms with van der Waals surface area (Å²) in [4.78, 5) is 88.7. The molecule has 7 atom stereocenters. The van der Waals surface area contributed by atoms with E-state index >= 15 is 17.6 Å². The summed E-state index contributed by atoms with van der Waals surface area (Å²) >= 11 is 7.95. The number of halogens is 5. The Morgan fingerprint density at radius 2 is 1.80 bits per heavy atom. The molecule has 19 nitrogen and oxygen atoms in total. The Balaban J connectivity index is 0.772. The normalized spacial score (nSPS) is 22.8. The van der Waals surface area contributed by atoms with Crippen LogP contribution in [0.3, 0.4) is 0 Å². The molecule has 25 heteroatoms. The Labute approximate surface area is 548 Å². The zero-order valence-electron chi connectivity index (χ0n) is 53.5. The summed E-state index contributed by atoms with van der Waals surface area (Å²) in [7, 11) is 1.59. The number of pyridine rings is 2. The predicted molar refractivity (Wildman–Crippen MR) is 345 cm³/mol. The molecule has 1 saturated heterocycles. The van der Waals surface area contributed by atoms with Crippen molar-refractivity contribution < 1.29 is 60.8 Å². The number of aromatic nitrogens is 4. The third-order valence-electron chi connectivity index (χ3n) is 20.4. The van der Waals surface area contributed by atoms with Crippen molar-refractivity contribution in [3.8, 4) is 34.6 Å². The van der Waals surface area contributed by atoms with Gasteiger partial charge in [-0.25, -0.2) is 36.9 Å². The molecule has 7 aromatic rings. The highest BCUT2D eigenvalue weighted by Crippen LogP contribution is 2.53. The van der Waals surface area contributed by atoms with Gasteiger partial charge < -0.3 is 43.3 Å². The van der Waals surface area contributed by atoms with Crippen molar-refractivity contribution in [2.24, 2.45) is 17.3 Å². The number of fused-ring (bicyclic) bond motifs is 8. The molecule has 3 fully saturated rings. The van der Waals surface area contributed by atoms with Gasteiger partial charge in [-0.05, 0) is 132 Å². The van der Waals surface area contributed by atoms with Crippen molar-refractivity contribution in [3.63, 3.8) is 0 Å². The Bertz CT molecular complexity index is 4480. The van der Waals surface area contributed by atoms with Crippen LogP contribution in [-0.4, -0.2) is 116 Å². The number of ether oxygens (including phenoxy) is 4. The lowest BCUT2D eigenvalue weighted by molar-refractivity contribution is -0.172. The summed E-state index contributed by atoms with van der Waals surface area (Å²) in [6.45, 7) is 11.8. The minimum absolute atomic E-state index is 0.00469. The number of hydrogen-bond donors (Lipinski definition) is 2. The van der Waals surface area contributed by atoms with E-state index in [2.05, 4.69) is 11.4 Å². The maximum Gasteiger partial charge on any atom is 0.412 e. The Morgan fingerprint density at radius 3 is 2.54 bits per heavy atom. The maximum atomic E-state index is 18.1. The van der Waals surface area contributed by atoms with Crippen LogP contribution in [0, 0.1) is 53.0 Å². The number of nitriles is 1. The number of benzene rings is 3. The lowest BCUT2D eigenvalue weighted by Crippen LogP contribution is -2.55. The number of carbonyl (C=O) groups excluding carboxylic acids is 4. The molecule has 3 aliphatic heterocycles. The highest BCUT2D eigenvalue weighted by atomic mass is 35.5. The third kappa shape index (κ3) is 10.9. The molecule has 4 aromatic heterocycles. The van der Waals surface area contributed by atoms with Gasteiger partial charge in [0.25, 0.3) is 5.56 Å². The van der Waals surface area contributed by atoms with Crippen molar-refractivity contribution in [2.75, 3.05) is 50.1 Å². The molecule has 6 aliphatic rings. The second kappa shape index (κ2) is 24.3. The van der Waals surface area contributed by atoms with E-state index in [1.807, 2.05) is 11.8 Å². The second-order valence-electron chi connectivity index (χ2n) is 27.2. The minimum Gasteiger partial charge on any atom is -0.463 e. The summed E-state index contributed by atoms with van der Waals surface area (Å²) in [5.74, 6) is -3.68. The Hall–Kier alpha value is -8.14. The zero-order valence-corrected chi connectivity index (χ0v) is 55.1. The SMILES string of the molecule is CC[C@@]1(O)C(=O)OCc2c1cc1n(c2=O)Cc2c-1nc1cc(F)c(C)c3c1c2[C@@H](N(C)C(=O)OCC(C)C(=O)N1CCN(c2nc(OC[C@@]45CCCCCC4CC[C@H](F)C5)nc4c(F)c(-c5ccc(F)c6sc(NC(=O)OC(C)(C)C)c(C#N)c56)c(Cl)cc24)[C@@H](C)C1)CC3. The number of rotatable bonds is 11. The highest BCUT2D eigenvalue weighted by Gasteiger charge is 2.48. The van der Waals surface area contributed by atoms with E-state index in [0.717, 1.165) is 55.1 Å². The fraction of sp³-hybridized carbons (Fsp3) is 0.493. The molecule has 0 radical (unpaired) electrons. The van der Waals surface area contributed by atoms with Crippen LogP contribution in [-0.2, 0) is 49.0 Å². The number of carbonyl (C=O) groups is 4. The fourth-order valence-electron chi connectivity index (χ4n) is 15.5. The van der Waals surface area contributed by atoms with Crippen molar-refractivity contribution in [2.45, 2.75) is 162 Å². The van der Waals surface area contributed by atoms with E-state index in [9.17, 15) is 34.3 Å². The molecule has 3 aliphatic carbocycles. The van der Waals surface area contributed by atoms with Crippen molar-refractivity contribution in [3.05, 3.63) is 102 Å². The summed E-state index contributed by atoms with van der Waals surface area (Å²) in [5, 5.41) is 25.4.